The van der Waals surface area contributed by atoms with E-state index in [2.05, 4.69) is 4.72 Å². The second-order valence-electron chi connectivity index (χ2n) is 5.44. The minimum Gasteiger partial charge on any atom is -0.311 e. The van der Waals surface area contributed by atoms with Gasteiger partial charge in [0.05, 0.1) is 4.34 Å². The number of sulfonamides is 1. The maximum absolute atomic E-state index is 13.4. The van der Waals surface area contributed by atoms with Gasteiger partial charge in [-0.2, -0.15) is 4.72 Å². The number of carbonyl (C=O) groups excluding carboxylic acids is 1. The van der Waals surface area contributed by atoms with Crippen LogP contribution in [0, 0.1) is 12.7 Å². The van der Waals surface area contributed by atoms with Crippen molar-refractivity contribution in [1.29, 1.82) is 0 Å². The molecule has 0 aliphatic carbocycles. The molecular weight excluding hydrogens is 375 g/mol. The van der Waals surface area contributed by atoms with Crippen molar-refractivity contribution < 1.29 is 17.6 Å². The van der Waals surface area contributed by atoms with Crippen molar-refractivity contribution in [2.45, 2.75) is 23.6 Å². The molecule has 1 N–H and O–H groups in total. The topological polar surface area (TPSA) is 66.5 Å². The lowest BCUT2D eigenvalue weighted by Crippen LogP contribution is -2.41. The van der Waals surface area contributed by atoms with E-state index in [4.69, 9.17) is 11.6 Å². The summed E-state index contributed by atoms with van der Waals surface area (Å²) in [6.45, 7) is 1.97. The predicted octanol–water partition coefficient (Wildman–Crippen LogP) is 2.93. The van der Waals surface area contributed by atoms with Crippen LogP contribution < -0.4 is 9.62 Å². The molecule has 9 heteroatoms. The number of aryl methyl sites for hydroxylation is 1. The summed E-state index contributed by atoms with van der Waals surface area (Å²) in [4.78, 5) is 14.0. The summed E-state index contributed by atoms with van der Waals surface area (Å²) in [6.07, 6.45) is 0.341. The Balaban J connectivity index is 1.78. The van der Waals surface area contributed by atoms with Gasteiger partial charge in [0.15, 0.2) is 0 Å². The number of nitrogens with zero attached hydrogens (tertiary/aromatic N) is 1. The number of thiophene rings is 1. The Labute approximate surface area is 148 Å². The number of hydrogen-bond donors (Lipinski definition) is 1. The average Bonchev–Trinajstić information content (AvgIpc) is 3.10. The predicted molar refractivity (Wildman–Crippen MR) is 91.5 cm³/mol. The summed E-state index contributed by atoms with van der Waals surface area (Å²) >= 11 is 6.69. The highest BCUT2D eigenvalue weighted by Gasteiger charge is 2.36. The van der Waals surface area contributed by atoms with Crippen molar-refractivity contribution in [2.75, 3.05) is 11.4 Å². The monoisotopic (exact) mass is 388 g/mol. The molecule has 5 nitrogen and oxygen atoms in total. The number of benzene rings is 1. The van der Waals surface area contributed by atoms with Crippen LogP contribution in [-0.4, -0.2) is 26.9 Å². The second-order valence-corrected chi connectivity index (χ2v) is 9.10. The Morgan fingerprint density at radius 1 is 1.33 bits per heavy atom. The zero-order valence-electron chi connectivity index (χ0n) is 12.6. The molecule has 1 unspecified atom stereocenters. The molecule has 2 heterocycles. The van der Waals surface area contributed by atoms with E-state index in [-0.39, 0.29) is 15.9 Å². The maximum Gasteiger partial charge on any atom is 0.250 e. The van der Waals surface area contributed by atoms with Gasteiger partial charge >= 0.3 is 0 Å². The summed E-state index contributed by atoms with van der Waals surface area (Å²) in [5.74, 6) is -0.704. The average molecular weight is 389 g/mol. The van der Waals surface area contributed by atoms with Gasteiger partial charge in [-0.3, -0.25) is 4.79 Å². The highest BCUT2D eigenvalue weighted by Crippen LogP contribution is 2.28. The Hall–Kier alpha value is -1.48. The summed E-state index contributed by atoms with van der Waals surface area (Å²) in [5, 5.41) is 0. The van der Waals surface area contributed by atoms with Gasteiger partial charge in [-0.1, -0.05) is 11.6 Å². The normalized spacial score (nSPS) is 18.4. The Bertz CT molecular complexity index is 898. The van der Waals surface area contributed by atoms with E-state index < -0.39 is 16.1 Å². The molecule has 1 atom stereocenters. The smallest absolute Gasteiger partial charge is 0.250 e. The fourth-order valence-electron chi connectivity index (χ4n) is 2.53. The minimum absolute atomic E-state index is 0.0661. The van der Waals surface area contributed by atoms with Crippen molar-refractivity contribution in [3.63, 3.8) is 0 Å². The number of nitrogens with one attached hydrogen (secondary N) is 1. The quantitative estimate of drug-likeness (QED) is 0.875. The fourth-order valence-corrected chi connectivity index (χ4v) is 5.25. The SMILES string of the molecule is Cc1cc(N2CCC(NS(=O)(=O)c3ccc(Cl)s3)C2=O)ccc1F. The van der Waals surface area contributed by atoms with Crippen LogP contribution in [0.4, 0.5) is 10.1 Å². The first kappa shape index (κ1) is 17.3. The lowest BCUT2D eigenvalue weighted by atomic mass is 10.2. The van der Waals surface area contributed by atoms with Gasteiger partial charge < -0.3 is 4.90 Å². The fraction of sp³-hybridized carbons (Fsp3) is 0.267. The zero-order valence-corrected chi connectivity index (χ0v) is 15.0. The molecule has 128 valence electrons. The number of amides is 1. The van der Waals surface area contributed by atoms with E-state index in [1.165, 1.54) is 29.2 Å². The third-order valence-electron chi connectivity index (χ3n) is 3.77. The van der Waals surface area contributed by atoms with Crippen LogP contribution in [0.15, 0.2) is 34.5 Å². The van der Waals surface area contributed by atoms with Crippen molar-refractivity contribution in [3.8, 4) is 0 Å². The van der Waals surface area contributed by atoms with Gasteiger partial charge in [-0.25, -0.2) is 12.8 Å². The number of hydrogen-bond acceptors (Lipinski definition) is 4. The highest BCUT2D eigenvalue weighted by atomic mass is 35.5. The van der Waals surface area contributed by atoms with Gasteiger partial charge in [-0.15, -0.1) is 11.3 Å². The van der Waals surface area contributed by atoms with E-state index in [9.17, 15) is 17.6 Å². The maximum atomic E-state index is 13.4. The largest absolute Gasteiger partial charge is 0.311 e. The second kappa shape index (κ2) is 6.44. The molecule has 1 amide bonds. The summed E-state index contributed by atoms with van der Waals surface area (Å²) in [6, 6.07) is 6.42. The number of rotatable bonds is 4. The third-order valence-corrected chi connectivity index (χ3v) is 6.96. The van der Waals surface area contributed by atoms with Crippen LogP contribution in [0.2, 0.25) is 4.34 Å². The molecule has 0 saturated carbocycles. The lowest BCUT2D eigenvalue weighted by Gasteiger charge is -2.18. The Morgan fingerprint density at radius 2 is 2.08 bits per heavy atom. The van der Waals surface area contributed by atoms with Gasteiger partial charge in [0.1, 0.15) is 16.1 Å². The first-order chi connectivity index (χ1) is 11.3. The molecule has 1 aromatic heterocycles. The standard InChI is InChI=1S/C15H14ClFN2O3S2/c1-9-8-10(2-3-11(9)17)19-7-6-12(15(19)20)18-24(21,22)14-5-4-13(16)23-14/h2-5,8,12,18H,6-7H2,1H3. The number of halogens is 2. The van der Waals surface area contributed by atoms with Crippen molar-refractivity contribution in [3.05, 3.63) is 46.0 Å². The first-order valence-corrected chi connectivity index (χ1v) is 9.81. The molecule has 0 radical (unpaired) electrons. The molecule has 0 bridgehead atoms. The zero-order chi connectivity index (χ0) is 17.5. The van der Waals surface area contributed by atoms with Gasteiger partial charge in [0, 0.05) is 12.2 Å². The van der Waals surface area contributed by atoms with Gasteiger partial charge in [-0.05, 0) is 49.2 Å². The van der Waals surface area contributed by atoms with Gasteiger partial charge in [0.25, 0.3) is 10.0 Å². The van der Waals surface area contributed by atoms with Crippen LogP contribution >= 0.6 is 22.9 Å². The molecule has 1 aliphatic rings. The molecule has 1 saturated heterocycles. The van der Waals surface area contributed by atoms with E-state index in [1.807, 2.05) is 0 Å². The molecule has 1 aliphatic heterocycles. The molecule has 0 spiro atoms. The van der Waals surface area contributed by atoms with Crippen LogP contribution in [0.25, 0.3) is 0 Å². The molecule has 1 fully saturated rings. The van der Waals surface area contributed by atoms with Crippen molar-refractivity contribution >= 4 is 44.6 Å². The number of carbonyl (C=O) groups is 1. The van der Waals surface area contributed by atoms with Crippen LogP contribution in [0.1, 0.15) is 12.0 Å². The van der Waals surface area contributed by atoms with Crippen molar-refractivity contribution in [1.82, 2.24) is 4.72 Å². The van der Waals surface area contributed by atoms with Gasteiger partial charge in [0.2, 0.25) is 5.91 Å². The molecular formula is C15H14ClFN2O3S2. The Kier molecular flexibility index (Phi) is 4.65. The third kappa shape index (κ3) is 3.32. The van der Waals surface area contributed by atoms with E-state index >= 15 is 0 Å². The van der Waals surface area contributed by atoms with E-state index in [0.717, 1.165) is 11.3 Å². The van der Waals surface area contributed by atoms with E-state index in [0.29, 0.717) is 28.6 Å². The van der Waals surface area contributed by atoms with Crippen LogP contribution in [0.3, 0.4) is 0 Å². The first-order valence-electron chi connectivity index (χ1n) is 7.13. The highest BCUT2D eigenvalue weighted by molar-refractivity contribution is 7.91. The van der Waals surface area contributed by atoms with Crippen molar-refractivity contribution in [2.24, 2.45) is 0 Å². The molecule has 3 rings (SSSR count). The lowest BCUT2D eigenvalue weighted by molar-refractivity contribution is -0.118. The summed E-state index contributed by atoms with van der Waals surface area (Å²) < 4.78 is 40.8. The molecule has 2 aromatic rings. The molecule has 1 aromatic carbocycles. The summed E-state index contributed by atoms with van der Waals surface area (Å²) in [7, 11) is -3.80. The Morgan fingerprint density at radius 3 is 2.71 bits per heavy atom. The minimum atomic E-state index is -3.80. The van der Waals surface area contributed by atoms with Crippen LogP contribution in [-0.2, 0) is 14.8 Å². The van der Waals surface area contributed by atoms with Crippen LogP contribution in [0.5, 0.6) is 0 Å². The number of anilines is 1. The van der Waals surface area contributed by atoms with E-state index in [1.54, 1.807) is 13.0 Å². The summed E-state index contributed by atoms with van der Waals surface area (Å²) in [5.41, 5.74) is 0.984. The molecule has 24 heavy (non-hydrogen) atoms.